The van der Waals surface area contributed by atoms with Crippen molar-refractivity contribution in [1.29, 1.82) is 0 Å². The molecule has 0 atom stereocenters. The van der Waals surface area contributed by atoms with Gasteiger partial charge in [0.1, 0.15) is 24.2 Å². The topological polar surface area (TPSA) is 118 Å². The van der Waals surface area contributed by atoms with Gasteiger partial charge >= 0.3 is 11.8 Å². The first-order valence-corrected chi connectivity index (χ1v) is 10.9. The number of carboxylic acid groups (broad SMARTS) is 1. The molecule has 34 heavy (non-hydrogen) atoms. The lowest BCUT2D eigenvalue weighted by molar-refractivity contribution is -0.384. The number of fused-ring (bicyclic) bond motifs is 1. The van der Waals surface area contributed by atoms with Crippen LogP contribution in [0, 0.1) is 10.1 Å². The highest BCUT2D eigenvalue weighted by molar-refractivity contribution is 5.96. The number of carbonyl (C=O) groups is 1. The summed E-state index contributed by atoms with van der Waals surface area (Å²) in [5.74, 6) is 0.544. The molecule has 1 aromatic heterocycles. The highest BCUT2D eigenvalue weighted by Crippen LogP contribution is 2.35. The second-order valence-electron chi connectivity index (χ2n) is 9.68. The van der Waals surface area contributed by atoms with Crippen LogP contribution >= 0.6 is 0 Å². The van der Waals surface area contributed by atoms with Crippen LogP contribution in [0.2, 0.25) is 0 Å². The largest absolute Gasteiger partial charge is 0.489 e. The first-order valence-electron chi connectivity index (χ1n) is 10.9. The number of pyridine rings is 1. The van der Waals surface area contributed by atoms with E-state index in [9.17, 15) is 20.0 Å². The maximum atomic E-state index is 12.0. The highest BCUT2D eigenvalue weighted by atomic mass is 16.6. The van der Waals surface area contributed by atoms with Crippen LogP contribution in [0.25, 0.3) is 10.9 Å². The zero-order chi connectivity index (χ0) is 25.1. The van der Waals surface area contributed by atoms with E-state index >= 15 is 0 Å². The molecule has 0 saturated carbocycles. The van der Waals surface area contributed by atoms with Gasteiger partial charge < -0.3 is 15.2 Å². The summed E-state index contributed by atoms with van der Waals surface area (Å²) in [5.41, 5.74) is 0.102. The number of nitrogens with one attached hydrogen (secondary N) is 1. The fraction of sp³-hybridized carbons (Fsp3) is 0.360. The van der Waals surface area contributed by atoms with Gasteiger partial charge in [-0.1, -0.05) is 30.3 Å². The van der Waals surface area contributed by atoms with Crippen molar-refractivity contribution in [3.05, 3.63) is 70.4 Å². The minimum atomic E-state index is -1.06. The monoisotopic (exact) mass is 466 g/mol. The van der Waals surface area contributed by atoms with Crippen molar-refractivity contribution >= 4 is 28.4 Å². The van der Waals surface area contributed by atoms with Gasteiger partial charge in [0.25, 0.3) is 0 Å². The summed E-state index contributed by atoms with van der Waals surface area (Å²) in [6.07, 6.45) is 0.144. The predicted octanol–water partition coefficient (Wildman–Crippen LogP) is 5.69. The lowest BCUT2D eigenvalue weighted by Gasteiger charge is -2.45. The zero-order valence-electron chi connectivity index (χ0n) is 20.0. The Balaban J connectivity index is 1.96. The van der Waals surface area contributed by atoms with Crippen LogP contribution in [0.5, 0.6) is 5.75 Å². The standard InChI is InChI=1S/C25H30N4O5/c1-24(2,3)28(23(30)31)25(4,5)16-27-22-19-13-18(34-15-17-9-7-6-8-10-17)11-12-20(19)26-14-21(22)29(32)33/h6-14H,15-16H2,1-5H3,(H,26,27)(H,30,31). The van der Waals surface area contributed by atoms with Crippen molar-refractivity contribution in [3.8, 4) is 5.75 Å². The number of anilines is 1. The number of nitro groups is 1. The number of hydrogen-bond acceptors (Lipinski definition) is 6. The smallest absolute Gasteiger partial charge is 0.408 e. The van der Waals surface area contributed by atoms with Crippen LogP contribution in [-0.2, 0) is 6.61 Å². The summed E-state index contributed by atoms with van der Waals surface area (Å²) in [5, 5.41) is 25.3. The summed E-state index contributed by atoms with van der Waals surface area (Å²) < 4.78 is 5.90. The molecule has 1 heterocycles. The normalized spacial score (nSPS) is 11.8. The second kappa shape index (κ2) is 9.54. The Morgan fingerprint density at radius 2 is 1.82 bits per heavy atom. The Bertz CT molecular complexity index is 1190. The number of benzene rings is 2. The summed E-state index contributed by atoms with van der Waals surface area (Å²) >= 11 is 0. The van der Waals surface area contributed by atoms with Gasteiger partial charge in [0.15, 0.2) is 0 Å². The van der Waals surface area contributed by atoms with Crippen molar-refractivity contribution in [2.24, 2.45) is 0 Å². The third-order valence-corrected chi connectivity index (χ3v) is 5.43. The van der Waals surface area contributed by atoms with Crippen LogP contribution in [0.15, 0.2) is 54.7 Å². The molecule has 3 aromatic rings. The van der Waals surface area contributed by atoms with E-state index in [1.54, 1.807) is 32.0 Å². The van der Waals surface area contributed by atoms with Gasteiger partial charge in [-0.05, 0) is 58.4 Å². The number of nitrogens with zero attached hydrogens (tertiary/aromatic N) is 3. The van der Waals surface area contributed by atoms with Crippen LogP contribution in [0.4, 0.5) is 16.2 Å². The molecular weight excluding hydrogens is 436 g/mol. The maximum Gasteiger partial charge on any atom is 0.408 e. The minimum Gasteiger partial charge on any atom is -0.489 e. The van der Waals surface area contributed by atoms with Crippen LogP contribution in [-0.4, -0.2) is 43.6 Å². The molecule has 9 nitrogen and oxygen atoms in total. The maximum absolute atomic E-state index is 12.0. The molecule has 0 aliphatic carbocycles. The summed E-state index contributed by atoms with van der Waals surface area (Å²) in [6, 6.07) is 14.9. The molecule has 2 N–H and O–H groups in total. The van der Waals surface area contributed by atoms with Crippen molar-refractivity contribution in [2.45, 2.75) is 52.3 Å². The lowest BCUT2D eigenvalue weighted by atomic mass is 9.94. The van der Waals surface area contributed by atoms with Crippen LogP contribution in [0.3, 0.4) is 0 Å². The van der Waals surface area contributed by atoms with Crippen LogP contribution < -0.4 is 10.1 Å². The number of hydrogen-bond donors (Lipinski definition) is 2. The fourth-order valence-electron chi connectivity index (χ4n) is 4.15. The van der Waals surface area contributed by atoms with Crippen molar-refractivity contribution in [1.82, 2.24) is 9.88 Å². The number of amides is 1. The number of ether oxygens (including phenoxy) is 1. The molecule has 0 unspecified atom stereocenters. The Kier molecular flexibility index (Phi) is 6.95. The zero-order valence-corrected chi connectivity index (χ0v) is 20.0. The summed E-state index contributed by atoms with van der Waals surface area (Å²) in [7, 11) is 0. The fourth-order valence-corrected chi connectivity index (χ4v) is 4.15. The second-order valence-corrected chi connectivity index (χ2v) is 9.68. The molecule has 0 aliphatic rings. The molecule has 0 fully saturated rings. The molecule has 0 aliphatic heterocycles. The van der Waals surface area contributed by atoms with Gasteiger partial charge in [0, 0.05) is 17.5 Å². The third kappa shape index (κ3) is 5.54. The third-order valence-electron chi connectivity index (χ3n) is 5.43. The van der Waals surface area contributed by atoms with Gasteiger partial charge in [-0.2, -0.15) is 0 Å². The first-order chi connectivity index (χ1) is 15.9. The number of aromatic nitrogens is 1. The summed E-state index contributed by atoms with van der Waals surface area (Å²) in [4.78, 5) is 28.8. The molecule has 3 rings (SSSR count). The Morgan fingerprint density at radius 1 is 1.15 bits per heavy atom. The SMILES string of the molecule is CC(C)(C)N(C(=O)O)C(C)(C)CNc1c([N+](=O)[O-])cnc2ccc(OCc3ccccc3)cc12. The van der Waals surface area contributed by atoms with E-state index in [0.29, 0.717) is 23.3 Å². The van der Waals surface area contributed by atoms with E-state index in [1.807, 2.05) is 51.1 Å². The lowest BCUT2D eigenvalue weighted by Crippen LogP contribution is -2.59. The average Bonchev–Trinajstić information content (AvgIpc) is 2.74. The van der Waals surface area contributed by atoms with Crippen molar-refractivity contribution in [3.63, 3.8) is 0 Å². The van der Waals surface area contributed by atoms with Crippen molar-refractivity contribution in [2.75, 3.05) is 11.9 Å². The Hall–Kier alpha value is -3.88. The molecule has 2 aromatic carbocycles. The number of rotatable bonds is 8. The predicted molar refractivity (Wildman–Crippen MR) is 131 cm³/mol. The van der Waals surface area contributed by atoms with Gasteiger partial charge in [0.2, 0.25) is 0 Å². The van der Waals surface area contributed by atoms with E-state index in [4.69, 9.17) is 4.74 Å². The quantitative estimate of drug-likeness (QED) is 0.323. The van der Waals surface area contributed by atoms with Crippen molar-refractivity contribution < 1.29 is 19.6 Å². The van der Waals surface area contributed by atoms with Gasteiger partial charge in [0.05, 0.1) is 16.0 Å². The molecule has 0 bridgehead atoms. The minimum absolute atomic E-state index is 0.144. The van der Waals surface area contributed by atoms with Gasteiger partial charge in [-0.15, -0.1) is 0 Å². The van der Waals surface area contributed by atoms with Gasteiger partial charge in [-0.25, -0.2) is 9.78 Å². The van der Waals surface area contributed by atoms with Crippen LogP contribution in [0.1, 0.15) is 40.2 Å². The molecule has 9 heteroatoms. The molecule has 0 radical (unpaired) electrons. The molecular formula is C25H30N4O5. The Labute approximate surface area is 198 Å². The molecule has 0 saturated heterocycles. The molecule has 1 amide bonds. The van der Waals surface area contributed by atoms with E-state index in [1.165, 1.54) is 11.1 Å². The summed E-state index contributed by atoms with van der Waals surface area (Å²) in [6.45, 7) is 9.48. The van der Waals surface area contributed by atoms with E-state index in [2.05, 4.69) is 10.3 Å². The Morgan fingerprint density at radius 3 is 2.41 bits per heavy atom. The molecule has 180 valence electrons. The first kappa shape index (κ1) is 24.8. The van der Waals surface area contributed by atoms with Gasteiger partial charge in [-0.3, -0.25) is 15.0 Å². The average molecular weight is 467 g/mol. The van der Waals surface area contributed by atoms with E-state index in [0.717, 1.165) is 5.56 Å². The van der Waals surface area contributed by atoms with E-state index < -0.39 is 22.1 Å². The molecule has 0 spiro atoms. The van der Waals surface area contributed by atoms with E-state index in [-0.39, 0.29) is 17.9 Å². The highest BCUT2D eigenvalue weighted by Gasteiger charge is 2.39.